The quantitative estimate of drug-likeness (QED) is 0.831. The topological polar surface area (TPSA) is 27.7 Å². The Morgan fingerprint density at radius 3 is 2.75 bits per heavy atom. The minimum Gasteiger partial charge on any atom is -0.496 e. The third-order valence-corrected chi connectivity index (χ3v) is 5.53. The van der Waals surface area contributed by atoms with Crippen LogP contribution in [0.4, 0.5) is 0 Å². The second kappa shape index (κ2) is 8.84. The van der Waals surface area contributed by atoms with Crippen LogP contribution in [0.2, 0.25) is 0 Å². The van der Waals surface area contributed by atoms with Crippen molar-refractivity contribution in [2.24, 2.45) is 0 Å². The van der Waals surface area contributed by atoms with Gasteiger partial charge in [0.1, 0.15) is 5.75 Å². The van der Waals surface area contributed by atoms with Crippen LogP contribution in [0, 0.1) is 6.92 Å². The maximum Gasteiger partial charge on any atom is 0.121 e. The van der Waals surface area contributed by atoms with Gasteiger partial charge >= 0.3 is 0 Å². The molecule has 1 unspecified atom stereocenters. The molecule has 2 aliphatic rings. The van der Waals surface area contributed by atoms with Crippen LogP contribution in [0.25, 0.3) is 0 Å². The van der Waals surface area contributed by atoms with Gasteiger partial charge in [0.2, 0.25) is 0 Å². The van der Waals surface area contributed by atoms with Crippen molar-refractivity contribution in [1.82, 2.24) is 15.1 Å². The summed E-state index contributed by atoms with van der Waals surface area (Å²) in [4.78, 5) is 5.33. The molecule has 4 heteroatoms. The molecule has 0 aromatic heterocycles. The van der Waals surface area contributed by atoms with Gasteiger partial charge in [0.05, 0.1) is 7.11 Å². The van der Waals surface area contributed by atoms with E-state index in [-0.39, 0.29) is 0 Å². The van der Waals surface area contributed by atoms with Gasteiger partial charge in [-0.1, -0.05) is 12.1 Å². The summed E-state index contributed by atoms with van der Waals surface area (Å²) in [5.74, 6) is 0.988. The highest BCUT2D eigenvalue weighted by Crippen LogP contribution is 2.21. The summed E-state index contributed by atoms with van der Waals surface area (Å²) in [7, 11) is 1.75. The molecule has 1 aromatic rings. The third kappa shape index (κ3) is 4.71. The van der Waals surface area contributed by atoms with Crippen molar-refractivity contribution in [2.75, 3.05) is 46.4 Å². The van der Waals surface area contributed by atoms with Crippen molar-refractivity contribution in [3.8, 4) is 5.75 Å². The molecule has 2 fully saturated rings. The average Bonchev–Trinajstić information content (AvgIpc) is 3.13. The molecule has 0 radical (unpaired) electrons. The summed E-state index contributed by atoms with van der Waals surface area (Å²) >= 11 is 0. The van der Waals surface area contributed by atoms with Crippen LogP contribution in [0.15, 0.2) is 18.2 Å². The number of nitrogens with one attached hydrogen (secondary N) is 1. The third-order valence-electron chi connectivity index (χ3n) is 5.53. The molecule has 24 heavy (non-hydrogen) atoms. The Labute approximate surface area is 147 Å². The number of piperidine rings is 1. The van der Waals surface area contributed by atoms with Gasteiger partial charge in [0.15, 0.2) is 0 Å². The highest BCUT2D eigenvalue weighted by atomic mass is 16.5. The fraction of sp³-hybridized carbons (Fsp3) is 0.700. The van der Waals surface area contributed by atoms with E-state index < -0.39 is 0 Å². The Morgan fingerprint density at radius 2 is 2.08 bits per heavy atom. The number of benzene rings is 1. The van der Waals surface area contributed by atoms with Crippen molar-refractivity contribution in [2.45, 2.75) is 45.2 Å². The molecule has 2 heterocycles. The van der Waals surface area contributed by atoms with E-state index in [4.69, 9.17) is 4.74 Å². The zero-order valence-corrected chi connectivity index (χ0v) is 15.4. The second-order valence-corrected chi connectivity index (χ2v) is 7.32. The minimum atomic E-state index is 0.670. The van der Waals surface area contributed by atoms with E-state index in [0.717, 1.165) is 18.8 Å². The van der Waals surface area contributed by atoms with Crippen molar-refractivity contribution >= 4 is 0 Å². The van der Waals surface area contributed by atoms with Crippen LogP contribution < -0.4 is 10.1 Å². The Kier molecular flexibility index (Phi) is 6.52. The van der Waals surface area contributed by atoms with Crippen molar-refractivity contribution < 1.29 is 4.74 Å². The predicted octanol–water partition coefficient (Wildman–Crippen LogP) is 2.65. The van der Waals surface area contributed by atoms with Gasteiger partial charge in [-0.05, 0) is 69.4 Å². The van der Waals surface area contributed by atoms with Gasteiger partial charge < -0.3 is 15.0 Å². The van der Waals surface area contributed by atoms with E-state index in [2.05, 4.69) is 40.2 Å². The molecule has 0 bridgehead atoms. The number of aryl methyl sites for hydroxylation is 1. The van der Waals surface area contributed by atoms with Gasteiger partial charge in [0.25, 0.3) is 0 Å². The summed E-state index contributed by atoms with van der Waals surface area (Å²) in [6.45, 7) is 10.5. The zero-order chi connectivity index (χ0) is 16.8. The Bertz CT molecular complexity index is 508. The first-order valence-electron chi connectivity index (χ1n) is 9.57. The number of rotatable bonds is 7. The molecule has 3 rings (SSSR count). The summed E-state index contributed by atoms with van der Waals surface area (Å²) in [5.41, 5.74) is 2.64. The molecule has 1 aromatic carbocycles. The van der Waals surface area contributed by atoms with E-state index in [1.807, 2.05) is 0 Å². The van der Waals surface area contributed by atoms with Gasteiger partial charge in [-0.2, -0.15) is 0 Å². The van der Waals surface area contributed by atoms with Crippen molar-refractivity contribution in [3.63, 3.8) is 0 Å². The van der Waals surface area contributed by atoms with E-state index >= 15 is 0 Å². The first-order valence-corrected chi connectivity index (χ1v) is 9.57. The maximum absolute atomic E-state index is 5.41. The standard InChI is InChI=1S/C20H33N3O/c1-17-14-18(7-8-20(17)24-2)16-23(19-6-5-9-21-15-19)13-12-22-10-3-4-11-22/h7-8,14,19,21H,3-6,9-13,15-16H2,1-2H3. The highest BCUT2D eigenvalue weighted by molar-refractivity contribution is 5.36. The number of hydrogen-bond donors (Lipinski definition) is 1. The molecule has 0 amide bonds. The molecule has 0 spiro atoms. The first kappa shape index (κ1) is 17.7. The Morgan fingerprint density at radius 1 is 1.25 bits per heavy atom. The lowest BCUT2D eigenvalue weighted by Gasteiger charge is -2.36. The van der Waals surface area contributed by atoms with Crippen LogP contribution in [0.1, 0.15) is 36.8 Å². The second-order valence-electron chi connectivity index (χ2n) is 7.32. The summed E-state index contributed by atoms with van der Waals surface area (Å²) in [5, 5.41) is 3.58. The number of nitrogens with zero attached hydrogens (tertiary/aromatic N) is 2. The summed E-state index contributed by atoms with van der Waals surface area (Å²) in [6.07, 6.45) is 5.37. The predicted molar refractivity (Wildman–Crippen MR) is 99.7 cm³/mol. The van der Waals surface area contributed by atoms with Crippen LogP contribution in [-0.2, 0) is 6.54 Å². The molecule has 0 aliphatic carbocycles. The lowest BCUT2D eigenvalue weighted by Crippen LogP contribution is -2.47. The van der Waals surface area contributed by atoms with E-state index in [1.54, 1.807) is 7.11 Å². The molecular formula is C20H33N3O. The van der Waals surface area contributed by atoms with Gasteiger partial charge in [-0.3, -0.25) is 4.90 Å². The lowest BCUT2D eigenvalue weighted by atomic mass is 10.0. The average molecular weight is 332 g/mol. The van der Waals surface area contributed by atoms with Crippen LogP contribution >= 0.6 is 0 Å². The molecular weight excluding hydrogens is 298 g/mol. The minimum absolute atomic E-state index is 0.670. The van der Waals surface area contributed by atoms with Crippen LogP contribution in [0.5, 0.6) is 5.75 Å². The number of likely N-dealkylation sites (tertiary alicyclic amines) is 1. The Hall–Kier alpha value is -1.10. The molecule has 1 N–H and O–H groups in total. The van der Waals surface area contributed by atoms with Gasteiger partial charge in [-0.15, -0.1) is 0 Å². The Balaban J connectivity index is 1.64. The van der Waals surface area contributed by atoms with Gasteiger partial charge in [-0.25, -0.2) is 0 Å². The maximum atomic E-state index is 5.41. The summed E-state index contributed by atoms with van der Waals surface area (Å²) in [6, 6.07) is 7.30. The smallest absolute Gasteiger partial charge is 0.121 e. The van der Waals surface area contributed by atoms with Crippen molar-refractivity contribution in [1.29, 1.82) is 0 Å². The lowest BCUT2D eigenvalue weighted by molar-refractivity contribution is 0.139. The monoisotopic (exact) mass is 331 g/mol. The number of methoxy groups -OCH3 is 1. The molecule has 0 saturated carbocycles. The fourth-order valence-corrected chi connectivity index (χ4v) is 4.09. The molecule has 4 nitrogen and oxygen atoms in total. The zero-order valence-electron chi connectivity index (χ0n) is 15.4. The highest BCUT2D eigenvalue weighted by Gasteiger charge is 2.22. The SMILES string of the molecule is COc1ccc(CN(CCN2CCCC2)C2CCCNC2)cc1C. The molecule has 2 aliphatic heterocycles. The van der Waals surface area contributed by atoms with Gasteiger partial charge in [0, 0.05) is 32.2 Å². The van der Waals surface area contributed by atoms with Crippen LogP contribution in [-0.4, -0.2) is 62.2 Å². The van der Waals surface area contributed by atoms with E-state index in [9.17, 15) is 0 Å². The van der Waals surface area contributed by atoms with E-state index in [1.165, 1.54) is 69.5 Å². The summed E-state index contributed by atoms with van der Waals surface area (Å²) < 4.78 is 5.41. The molecule has 134 valence electrons. The van der Waals surface area contributed by atoms with Crippen LogP contribution in [0.3, 0.4) is 0 Å². The molecule has 1 atom stereocenters. The normalized spacial score (nSPS) is 22.2. The fourth-order valence-electron chi connectivity index (χ4n) is 4.09. The largest absolute Gasteiger partial charge is 0.496 e. The van der Waals surface area contributed by atoms with E-state index in [0.29, 0.717) is 6.04 Å². The number of hydrogen-bond acceptors (Lipinski definition) is 4. The van der Waals surface area contributed by atoms with Crippen molar-refractivity contribution in [3.05, 3.63) is 29.3 Å². The first-order chi connectivity index (χ1) is 11.8. The number of ether oxygens (including phenoxy) is 1. The molecule has 2 saturated heterocycles.